The monoisotopic (exact) mass is 612 g/mol. The number of H-pyrrole nitrogens is 1. The molecule has 2 aromatic carbocycles. The Bertz CT molecular complexity index is 1700. The number of aryl methyl sites for hydroxylation is 1. The highest BCUT2D eigenvalue weighted by Gasteiger charge is 2.39. The van der Waals surface area contributed by atoms with Gasteiger partial charge in [-0.1, -0.05) is 29.3 Å². The van der Waals surface area contributed by atoms with E-state index in [4.69, 9.17) is 27.9 Å². The van der Waals surface area contributed by atoms with E-state index in [9.17, 15) is 41.0 Å². The number of imidazole rings is 1. The molecule has 4 rings (SSSR count). The summed E-state index contributed by atoms with van der Waals surface area (Å²) in [5.74, 6) is -1.34. The molecule has 0 aliphatic heterocycles. The summed E-state index contributed by atoms with van der Waals surface area (Å²) in [5.41, 5.74) is -2.81. The first-order valence-corrected chi connectivity index (χ1v) is 11.7. The SMILES string of the molecule is Cn1c(-c2ccc(OCc3ccc(Cl)c(Cl)c3)c(OC(F)(F)F)c2)nc2c1c(=O)[nH]c(=O)n2C[C@@H](O)C(F)(F)F. The maximum atomic E-state index is 13.2. The largest absolute Gasteiger partial charge is 0.573 e. The van der Waals surface area contributed by atoms with Crippen LogP contribution in [0.2, 0.25) is 10.0 Å². The molecule has 40 heavy (non-hydrogen) atoms. The lowest BCUT2D eigenvalue weighted by Crippen LogP contribution is -2.39. The third kappa shape index (κ3) is 6.21. The van der Waals surface area contributed by atoms with E-state index in [0.717, 1.165) is 16.7 Å². The minimum atomic E-state index is -5.14. The van der Waals surface area contributed by atoms with Gasteiger partial charge in [-0.3, -0.25) is 14.3 Å². The molecule has 4 aromatic rings. The number of aromatic nitrogens is 4. The van der Waals surface area contributed by atoms with Gasteiger partial charge in [0.1, 0.15) is 12.4 Å². The Morgan fingerprint density at radius 3 is 2.35 bits per heavy atom. The number of aromatic amines is 1. The lowest BCUT2D eigenvalue weighted by atomic mass is 10.2. The van der Waals surface area contributed by atoms with Crippen LogP contribution in [0.4, 0.5) is 26.3 Å². The third-order valence-corrected chi connectivity index (χ3v) is 6.29. The molecule has 17 heteroatoms. The van der Waals surface area contributed by atoms with Crippen molar-refractivity contribution in [2.45, 2.75) is 31.8 Å². The highest BCUT2D eigenvalue weighted by atomic mass is 35.5. The number of nitrogens with one attached hydrogen (secondary N) is 1. The van der Waals surface area contributed by atoms with Gasteiger partial charge in [0.2, 0.25) is 0 Å². The average Bonchev–Trinajstić information content (AvgIpc) is 3.18. The fraction of sp³-hybridized carbons (Fsp3) is 0.261. The number of hydrogen-bond donors (Lipinski definition) is 2. The van der Waals surface area contributed by atoms with Crippen LogP contribution in [0.5, 0.6) is 11.5 Å². The maximum absolute atomic E-state index is 13.2. The van der Waals surface area contributed by atoms with E-state index < -0.39 is 47.8 Å². The van der Waals surface area contributed by atoms with E-state index in [0.29, 0.717) is 10.1 Å². The van der Waals surface area contributed by atoms with Crippen LogP contribution >= 0.6 is 23.2 Å². The number of halogens is 8. The van der Waals surface area contributed by atoms with Crippen LogP contribution in [-0.2, 0) is 20.2 Å². The van der Waals surface area contributed by atoms with Crippen molar-refractivity contribution >= 4 is 34.4 Å². The molecule has 1 atom stereocenters. The van der Waals surface area contributed by atoms with Crippen LogP contribution in [-0.4, -0.2) is 42.9 Å². The zero-order chi connectivity index (χ0) is 29.6. The van der Waals surface area contributed by atoms with Gasteiger partial charge in [-0.2, -0.15) is 13.2 Å². The van der Waals surface area contributed by atoms with Gasteiger partial charge in [0.15, 0.2) is 28.8 Å². The summed E-state index contributed by atoms with van der Waals surface area (Å²) in [5, 5.41) is 9.92. The molecule has 0 radical (unpaired) electrons. The molecule has 0 saturated carbocycles. The van der Waals surface area contributed by atoms with Crippen LogP contribution in [0.3, 0.4) is 0 Å². The maximum Gasteiger partial charge on any atom is 0.573 e. The number of hydrogen-bond acceptors (Lipinski definition) is 6. The molecule has 9 nitrogen and oxygen atoms in total. The first kappa shape index (κ1) is 29.3. The van der Waals surface area contributed by atoms with Crippen LogP contribution in [0.25, 0.3) is 22.6 Å². The minimum absolute atomic E-state index is 0.0744. The summed E-state index contributed by atoms with van der Waals surface area (Å²) in [6.07, 6.45) is -13.2. The van der Waals surface area contributed by atoms with Gasteiger partial charge in [0.05, 0.1) is 16.6 Å². The summed E-state index contributed by atoms with van der Waals surface area (Å²) < 4.78 is 89.4. The number of ether oxygens (including phenoxy) is 2. The number of aliphatic hydroxyl groups is 1. The Labute approximate surface area is 229 Å². The van der Waals surface area contributed by atoms with E-state index >= 15 is 0 Å². The normalized spacial score (nSPS) is 13.1. The summed E-state index contributed by atoms with van der Waals surface area (Å²) in [7, 11) is 1.26. The Kier molecular flexibility index (Phi) is 7.84. The number of benzene rings is 2. The Morgan fingerprint density at radius 2 is 1.73 bits per heavy atom. The second-order valence-electron chi connectivity index (χ2n) is 8.34. The lowest BCUT2D eigenvalue weighted by molar-refractivity contribution is -0.275. The molecule has 0 bridgehead atoms. The van der Waals surface area contributed by atoms with Gasteiger partial charge in [0.25, 0.3) is 5.56 Å². The van der Waals surface area contributed by atoms with Gasteiger partial charge >= 0.3 is 18.2 Å². The van der Waals surface area contributed by atoms with Gasteiger partial charge < -0.3 is 19.1 Å². The molecule has 0 unspecified atom stereocenters. The van der Waals surface area contributed by atoms with Crippen molar-refractivity contribution in [2.75, 3.05) is 0 Å². The van der Waals surface area contributed by atoms with Crippen LogP contribution in [0.15, 0.2) is 46.0 Å². The van der Waals surface area contributed by atoms with Gasteiger partial charge in [-0.05, 0) is 35.9 Å². The Hall–Kier alpha value is -3.69. The van der Waals surface area contributed by atoms with Crippen molar-refractivity contribution < 1.29 is 40.9 Å². The highest BCUT2D eigenvalue weighted by Crippen LogP contribution is 2.37. The van der Waals surface area contributed by atoms with Crippen molar-refractivity contribution in [1.29, 1.82) is 0 Å². The van der Waals surface area contributed by atoms with Crippen LogP contribution in [0.1, 0.15) is 5.56 Å². The topological polar surface area (TPSA) is 111 Å². The van der Waals surface area contributed by atoms with Crippen LogP contribution in [0, 0.1) is 0 Å². The smallest absolute Gasteiger partial charge is 0.485 e. The van der Waals surface area contributed by atoms with Crippen LogP contribution < -0.4 is 20.7 Å². The number of fused-ring (bicyclic) bond motifs is 1. The van der Waals surface area contributed by atoms with Crippen molar-refractivity contribution in [3.63, 3.8) is 0 Å². The van der Waals surface area contributed by atoms with Gasteiger partial charge in [0, 0.05) is 12.6 Å². The Balaban J connectivity index is 1.78. The molecular formula is C23H16Cl2F6N4O5. The predicted molar refractivity (Wildman–Crippen MR) is 131 cm³/mol. The quantitative estimate of drug-likeness (QED) is 0.290. The molecule has 0 amide bonds. The molecule has 0 spiro atoms. The van der Waals surface area contributed by atoms with Crippen molar-refractivity contribution in [2.24, 2.45) is 7.05 Å². The molecule has 0 saturated heterocycles. The molecule has 0 fully saturated rings. The summed E-state index contributed by atoms with van der Waals surface area (Å²) in [6, 6.07) is 7.74. The highest BCUT2D eigenvalue weighted by molar-refractivity contribution is 6.42. The van der Waals surface area contributed by atoms with Crippen molar-refractivity contribution in [3.8, 4) is 22.9 Å². The van der Waals surface area contributed by atoms with E-state index in [1.165, 1.54) is 25.2 Å². The number of rotatable bonds is 7. The summed E-state index contributed by atoms with van der Waals surface area (Å²) in [4.78, 5) is 30.6. The zero-order valence-electron chi connectivity index (χ0n) is 19.9. The van der Waals surface area contributed by atoms with E-state index in [1.54, 1.807) is 6.07 Å². The second-order valence-corrected chi connectivity index (χ2v) is 9.15. The summed E-state index contributed by atoms with van der Waals surface area (Å²) in [6.45, 7) is -1.52. The number of nitrogens with zero attached hydrogens (tertiary/aromatic N) is 3. The molecule has 0 aliphatic rings. The van der Waals surface area contributed by atoms with E-state index in [-0.39, 0.29) is 39.3 Å². The summed E-state index contributed by atoms with van der Waals surface area (Å²) >= 11 is 11.8. The van der Waals surface area contributed by atoms with E-state index in [2.05, 4.69) is 9.72 Å². The minimum Gasteiger partial charge on any atom is -0.485 e. The molecule has 0 aliphatic carbocycles. The third-order valence-electron chi connectivity index (χ3n) is 5.55. The lowest BCUT2D eigenvalue weighted by Gasteiger charge is -2.15. The zero-order valence-corrected chi connectivity index (χ0v) is 21.4. The van der Waals surface area contributed by atoms with Gasteiger partial charge in [-0.25, -0.2) is 9.78 Å². The molecule has 214 valence electrons. The average molecular weight is 613 g/mol. The van der Waals surface area contributed by atoms with E-state index in [1.807, 2.05) is 4.98 Å². The molecule has 2 N–H and O–H groups in total. The second kappa shape index (κ2) is 10.7. The Morgan fingerprint density at radius 1 is 1.02 bits per heavy atom. The predicted octanol–water partition coefficient (Wildman–Crippen LogP) is 4.80. The molecule has 2 heterocycles. The van der Waals surface area contributed by atoms with Gasteiger partial charge in [-0.15, -0.1) is 13.2 Å². The molecular weight excluding hydrogens is 597 g/mol. The fourth-order valence-corrected chi connectivity index (χ4v) is 4.03. The molecule has 2 aromatic heterocycles. The van der Waals surface area contributed by atoms with Crippen molar-refractivity contribution in [1.82, 2.24) is 19.1 Å². The number of alkyl halides is 6. The first-order chi connectivity index (χ1) is 18.5. The standard InChI is InChI=1S/C23H16Cl2F6N4O5/c1-34-17-19(35(21(38)33-20(17)37)8-16(36)22(26,27)28)32-18(34)11-3-5-14(15(7-11)40-23(29,30)31)39-9-10-2-4-12(24)13(25)6-10/h2-7,16,36H,8-9H2,1H3,(H,33,37,38)/t16-/m1/s1. The number of aliphatic hydroxyl groups excluding tert-OH is 1. The fourth-order valence-electron chi connectivity index (χ4n) is 3.71. The first-order valence-electron chi connectivity index (χ1n) is 11.0. The van der Waals surface area contributed by atoms with Crippen molar-refractivity contribution in [3.05, 3.63) is 72.8 Å².